The number of nitrogens with one attached hydrogen (secondary N) is 2. The van der Waals surface area contributed by atoms with Gasteiger partial charge in [-0.3, -0.25) is 4.79 Å². The molecule has 1 saturated carbocycles. The molecule has 2 rings (SSSR count). The molecule has 0 aromatic heterocycles. The van der Waals surface area contributed by atoms with Gasteiger partial charge in [0.1, 0.15) is 6.54 Å². The van der Waals surface area contributed by atoms with Crippen molar-refractivity contribution >= 4 is 23.6 Å². The summed E-state index contributed by atoms with van der Waals surface area (Å²) in [7, 11) is 3.54. The second-order valence-electron chi connectivity index (χ2n) is 6.14. The zero-order valence-electron chi connectivity index (χ0n) is 13.2. The van der Waals surface area contributed by atoms with Gasteiger partial charge in [0.15, 0.2) is 5.96 Å². The Balaban J connectivity index is 1.91. The maximum absolute atomic E-state index is 11.7. The Labute approximate surface area is 132 Å². The summed E-state index contributed by atoms with van der Waals surface area (Å²) in [5, 5.41) is 7.04. The summed E-state index contributed by atoms with van der Waals surface area (Å²) >= 11 is 2.00. The van der Waals surface area contributed by atoms with Crippen LogP contribution in [0.2, 0.25) is 0 Å². The summed E-state index contributed by atoms with van der Waals surface area (Å²) < 4.78 is 0. The first-order valence-corrected chi connectivity index (χ1v) is 9.16. The van der Waals surface area contributed by atoms with Crippen molar-refractivity contribution in [2.75, 3.05) is 32.1 Å². The molecule has 1 saturated heterocycles. The van der Waals surface area contributed by atoms with Crippen molar-refractivity contribution in [3.05, 3.63) is 0 Å². The molecule has 0 spiro atoms. The lowest BCUT2D eigenvalue weighted by atomic mass is 10.2. The number of nitrogens with zero attached hydrogens (tertiary/aromatic N) is 2. The topological polar surface area (TPSA) is 56.7 Å². The molecule has 21 heavy (non-hydrogen) atoms. The molecular formula is C15H28N4OS. The minimum absolute atomic E-state index is 0.0422. The first-order chi connectivity index (χ1) is 10.1. The average Bonchev–Trinajstić information content (AvgIpc) is 2.98. The predicted molar refractivity (Wildman–Crippen MR) is 89.9 cm³/mol. The van der Waals surface area contributed by atoms with Crippen molar-refractivity contribution in [2.45, 2.75) is 50.6 Å². The highest BCUT2D eigenvalue weighted by molar-refractivity contribution is 7.99. The van der Waals surface area contributed by atoms with E-state index in [1.807, 2.05) is 11.8 Å². The second kappa shape index (κ2) is 8.51. The third kappa shape index (κ3) is 5.77. The van der Waals surface area contributed by atoms with Crippen LogP contribution in [0.4, 0.5) is 0 Å². The normalized spacial score (nSPS) is 23.9. The van der Waals surface area contributed by atoms with Gasteiger partial charge in [-0.05, 0) is 31.4 Å². The number of thioether (sulfide) groups is 1. The molecule has 1 aliphatic carbocycles. The molecule has 0 aromatic carbocycles. The van der Waals surface area contributed by atoms with Gasteiger partial charge in [0, 0.05) is 31.9 Å². The molecule has 6 heteroatoms. The molecule has 2 aliphatic rings. The molecule has 0 aromatic rings. The van der Waals surface area contributed by atoms with Gasteiger partial charge in [-0.15, -0.1) is 0 Å². The molecular weight excluding hydrogens is 284 g/mol. The summed E-state index contributed by atoms with van der Waals surface area (Å²) in [6.07, 6.45) is 7.46. The van der Waals surface area contributed by atoms with Crippen LogP contribution in [0.25, 0.3) is 0 Å². The molecule has 5 nitrogen and oxygen atoms in total. The minimum Gasteiger partial charge on any atom is -0.354 e. The number of aliphatic imine (C=N–C) groups is 1. The Morgan fingerprint density at radius 1 is 1.14 bits per heavy atom. The van der Waals surface area contributed by atoms with Crippen LogP contribution < -0.4 is 10.6 Å². The van der Waals surface area contributed by atoms with Gasteiger partial charge < -0.3 is 15.5 Å². The number of rotatable bonds is 4. The van der Waals surface area contributed by atoms with E-state index in [0.717, 1.165) is 11.7 Å². The first kappa shape index (κ1) is 16.5. The summed E-state index contributed by atoms with van der Waals surface area (Å²) in [5.74, 6) is 3.26. The first-order valence-electron chi connectivity index (χ1n) is 8.00. The molecule has 120 valence electrons. The van der Waals surface area contributed by atoms with Crippen LogP contribution in [0, 0.1) is 0 Å². The highest BCUT2D eigenvalue weighted by Crippen LogP contribution is 2.19. The minimum atomic E-state index is 0.0422. The van der Waals surface area contributed by atoms with Gasteiger partial charge in [0.2, 0.25) is 5.91 Å². The van der Waals surface area contributed by atoms with E-state index in [2.05, 4.69) is 15.6 Å². The fourth-order valence-electron chi connectivity index (χ4n) is 2.73. The van der Waals surface area contributed by atoms with Crippen molar-refractivity contribution in [1.29, 1.82) is 0 Å². The van der Waals surface area contributed by atoms with Gasteiger partial charge in [-0.2, -0.15) is 11.8 Å². The molecule has 1 amide bonds. The fourth-order valence-corrected chi connectivity index (χ4v) is 3.80. The van der Waals surface area contributed by atoms with Crippen LogP contribution in [-0.4, -0.2) is 61.0 Å². The summed E-state index contributed by atoms with van der Waals surface area (Å²) in [5.41, 5.74) is 0. The number of carbonyl (C=O) groups is 1. The lowest BCUT2D eigenvalue weighted by Crippen LogP contribution is -2.48. The van der Waals surface area contributed by atoms with Crippen LogP contribution in [-0.2, 0) is 4.79 Å². The lowest BCUT2D eigenvalue weighted by Gasteiger charge is -2.26. The molecule has 2 N–H and O–H groups in total. The molecule has 0 bridgehead atoms. The van der Waals surface area contributed by atoms with Crippen LogP contribution >= 0.6 is 11.8 Å². The van der Waals surface area contributed by atoms with E-state index in [1.54, 1.807) is 19.0 Å². The van der Waals surface area contributed by atoms with E-state index in [4.69, 9.17) is 0 Å². The van der Waals surface area contributed by atoms with Crippen molar-refractivity contribution in [3.8, 4) is 0 Å². The van der Waals surface area contributed by atoms with Crippen LogP contribution in [0.1, 0.15) is 38.5 Å². The Hall–Kier alpha value is -0.910. The van der Waals surface area contributed by atoms with E-state index in [0.29, 0.717) is 12.1 Å². The SMILES string of the molecule is CN(C)C(=O)CN=C(NC1CCCC1)N[C@H]1CCCSC1. The van der Waals surface area contributed by atoms with Crippen LogP contribution in [0.15, 0.2) is 4.99 Å². The molecule has 0 unspecified atom stereocenters. The zero-order valence-corrected chi connectivity index (χ0v) is 14.0. The number of guanidine groups is 1. The van der Waals surface area contributed by atoms with E-state index >= 15 is 0 Å². The third-order valence-corrected chi connectivity index (χ3v) is 5.28. The number of hydrogen-bond acceptors (Lipinski definition) is 3. The highest BCUT2D eigenvalue weighted by atomic mass is 32.2. The van der Waals surface area contributed by atoms with Gasteiger partial charge in [-0.1, -0.05) is 12.8 Å². The van der Waals surface area contributed by atoms with Crippen molar-refractivity contribution in [3.63, 3.8) is 0 Å². The second-order valence-corrected chi connectivity index (χ2v) is 7.29. The van der Waals surface area contributed by atoms with E-state index < -0.39 is 0 Å². The molecule has 0 radical (unpaired) electrons. The number of hydrogen-bond donors (Lipinski definition) is 2. The van der Waals surface area contributed by atoms with Gasteiger partial charge in [0.05, 0.1) is 0 Å². The highest BCUT2D eigenvalue weighted by Gasteiger charge is 2.19. The third-order valence-electron chi connectivity index (χ3n) is 4.07. The largest absolute Gasteiger partial charge is 0.354 e. The molecule has 1 atom stereocenters. The maximum Gasteiger partial charge on any atom is 0.243 e. The molecule has 1 heterocycles. The fraction of sp³-hybridized carbons (Fsp3) is 0.867. The Morgan fingerprint density at radius 2 is 1.81 bits per heavy atom. The summed E-state index contributed by atoms with van der Waals surface area (Å²) in [6, 6.07) is 0.993. The number of carbonyl (C=O) groups excluding carboxylic acids is 1. The molecule has 1 aliphatic heterocycles. The maximum atomic E-state index is 11.7. The number of likely N-dealkylation sites (N-methyl/N-ethyl adjacent to an activating group) is 1. The monoisotopic (exact) mass is 312 g/mol. The zero-order chi connectivity index (χ0) is 15.1. The van der Waals surface area contributed by atoms with Crippen LogP contribution in [0.3, 0.4) is 0 Å². The smallest absolute Gasteiger partial charge is 0.243 e. The summed E-state index contributed by atoms with van der Waals surface area (Å²) in [4.78, 5) is 17.8. The van der Waals surface area contributed by atoms with Gasteiger partial charge >= 0.3 is 0 Å². The van der Waals surface area contributed by atoms with E-state index in [1.165, 1.54) is 44.3 Å². The van der Waals surface area contributed by atoms with Crippen molar-refractivity contribution in [2.24, 2.45) is 4.99 Å². The summed E-state index contributed by atoms with van der Waals surface area (Å²) in [6.45, 7) is 0.217. The Kier molecular flexibility index (Phi) is 6.67. The average molecular weight is 312 g/mol. The van der Waals surface area contributed by atoms with Gasteiger partial charge in [0.25, 0.3) is 0 Å². The van der Waals surface area contributed by atoms with Crippen LogP contribution in [0.5, 0.6) is 0 Å². The quantitative estimate of drug-likeness (QED) is 0.609. The Morgan fingerprint density at radius 3 is 2.43 bits per heavy atom. The predicted octanol–water partition coefficient (Wildman–Crippen LogP) is 1.45. The van der Waals surface area contributed by atoms with Crippen molar-refractivity contribution < 1.29 is 4.79 Å². The van der Waals surface area contributed by atoms with Crippen molar-refractivity contribution in [1.82, 2.24) is 15.5 Å². The molecule has 2 fully saturated rings. The van der Waals surface area contributed by atoms with Gasteiger partial charge in [-0.25, -0.2) is 4.99 Å². The van der Waals surface area contributed by atoms with E-state index in [-0.39, 0.29) is 12.5 Å². The standard InChI is InChI=1S/C15H28N4OS/c1-19(2)14(20)10-16-15(17-12-6-3-4-7-12)18-13-8-5-9-21-11-13/h12-13H,3-11H2,1-2H3,(H2,16,17,18)/t13-/m0/s1. The van der Waals surface area contributed by atoms with E-state index in [9.17, 15) is 4.79 Å². The Bertz CT molecular complexity index is 361. The number of amides is 1. The lowest BCUT2D eigenvalue weighted by molar-refractivity contribution is -0.127.